The third kappa shape index (κ3) is 3.48. The molecule has 2 bridgehead atoms. The predicted octanol–water partition coefficient (Wildman–Crippen LogP) is 6.87. The second-order valence-electron chi connectivity index (χ2n) is 12.8. The van der Waals surface area contributed by atoms with E-state index in [1.807, 2.05) is 0 Å². The Labute approximate surface area is 168 Å². The van der Waals surface area contributed by atoms with E-state index in [9.17, 15) is 4.79 Å². The van der Waals surface area contributed by atoms with Gasteiger partial charge in [-0.2, -0.15) is 0 Å². The lowest BCUT2D eigenvalue weighted by Gasteiger charge is -2.53. The quantitative estimate of drug-likeness (QED) is 0.489. The van der Waals surface area contributed by atoms with Crippen molar-refractivity contribution in [3.63, 3.8) is 0 Å². The van der Waals surface area contributed by atoms with Gasteiger partial charge in [-0.3, -0.25) is 4.79 Å². The molecule has 0 aliphatic heterocycles. The van der Waals surface area contributed by atoms with E-state index in [-0.39, 0.29) is 17.0 Å². The van der Waals surface area contributed by atoms with E-state index >= 15 is 0 Å². The average molecular weight is 377 g/mol. The van der Waals surface area contributed by atoms with Crippen LogP contribution in [0.1, 0.15) is 101 Å². The van der Waals surface area contributed by atoms with E-state index in [1.54, 1.807) is 0 Å². The molecule has 0 N–H and O–H groups in total. The van der Waals surface area contributed by atoms with Crippen LogP contribution < -0.4 is 0 Å². The number of hydrogen-bond donors (Lipinski definition) is 0. The van der Waals surface area contributed by atoms with Crippen molar-refractivity contribution < 1.29 is 9.53 Å². The van der Waals surface area contributed by atoms with Crippen LogP contribution in [0.3, 0.4) is 0 Å². The summed E-state index contributed by atoms with van der Waals surface area (Å²) in [5.74, 6) is 3.67. The topological polar surface area (TPSA) is 26.3 Å². The van der Waals surface area contributed by atoms with Gasteiger partial charge in [0, 0.05) is 0 Å². The number of carbonyl (C=O) groups is 1. The lowest BCUT2D eigenvalue weighted by Crippen LogP contribution is -2.50. The van der Waals surface area contributed by atoms with E-state index in [0.29, 0.717) is 17.3 Å². The lowest BCUT2D eigenvalue weighted by atomic mass is 9.53. The van der Waals surface area contributed by atoms with Crippen molar-refractivity contribution in [1.29, 1.82) is 0 Å². The number of carbonyl (C=O) groups excluding carboxylic acids is 1. The molecule has 0 aromatic rings. The fourth-order valence-corrected chi connectivity index (χ4v) is 6.76. The molecule has 3 fully saturated rings. The SMILES string of the molecule is CC(C)CC(C)(C(=O)OC(C)(C)C1CC2CC3CC(C1)C3(C)C2)C(C)(C)C. The Morgan fingerprint density at radius 1 is 1.00 bits per heavy atom. The standard InChI is InChI=1S/C25H44O2/c1-16(2)14-25(9,22(3,4)5)21(26)27-23(6,7)18-10-17-11-19-13-20(12-18)24(19,8)15-17/h16-20H,10-15H2,1-9H3. The molecular formula is C25H44O2. The highest BCUT2D eigenvalue weighted by molar-refractivity contribution is 5.77. The summed E-state index contributed by atoms with van der Waals surface area (Å²) in [4.78, 5) is 13.5. The van der Waals surface area contributed by atoms with Gasteiger partial charge in [0.05, 0.1) is 5.41 Å². The van der Waals surface area contributed by atoms with Gasteiger partial charge in [-0.05, 0) is 99.7 Å². The number of fused-ring (bicyclic) bond motifs is 1. The first-order chi connectivity index (χ1) is 12.2. The summed E-state index contributed by atoms with van der Waals surface area (Å²) in [6.07, 6.45) is 7.62. The number of ether oxygens (including phenoxy) is 1. The predicted molar refractivity (Wildman–Crippen MR) is 112 cm³/mol. The first-order valence-corrected chi connectivity index (χ1v) is 11.4. The molecule has 0 radical (unpaired) electrons. The Bertz CT molecular complexity index is 584. The summed E-state index contributed by atoms with van der Waals surface area (Å²) in [5, 5.41) is 0. The molecule has 3 saturated carbocycles. The van der Waals surface area contributed by atoms with Crippen molar-refractivity contribution in [3.05, 3.63) is 0 Å². The Morgan fingerprint density at radius 2 is 1.59 bits per heavy atom. The summed E-state index contributed by atoms with van der Waals surface area (Å²) < 4.78 is 6.39. The first-order valence-electron chi connectivity index (χ1n) is 11.4. The van der Waals surface area contributed by atoms with Gasteiger partial charge in [-0.1, -0.05) is 41.5 Å². The van der Waals surface area contributed by atoms with Crippen molar-refractivity contribution in [2.45, 2.75) is 106 Å². The molecule has 2 heteroatoms. The number of hydrogen-bond acceptors (Lipinski definition) is 2. The summed E-state index contributed by atoms with van der Waals surface area (Å²) in [6.45, 7) is 20.0. The molecular weight excluding hydrogens is 332 g/mol. The molecule has 0 heterocycles. The molecule has 0 aromatic carbocycles. The largest absolute Gasteiger partial charge is 0.459 e. The van der Waals surface area contributed by atoms with Crippen LogP contribution >= 0.6 is 0 Å². The molecule has 0 aromatic heterocycles. The molecule has 2 nitrogen and oxygen atoms in total. The van der Waals surface area contributed by atoms with Gasteiger partial charge >= 0.3 is 5.97 Å². The van der Waals surface area contributed by atoms with Gasteiger partial charge < -0.3 is 4.74 Å². The molecule has 0 saturated heterocycles. The minimum Gasteiger partial charge on any atom is -0.459 e. The van der Waals surface area contributed by atoms with Crippen LogP contribution in [0.2, 0.25) is 0 Å². The van der Waals surface area contributed by atoms with Gasteiger partial charge in [-0.25, -0.2) is 0 Å². The molecule has 27 heavy (non-hydrogen) atoms. The van der Waals surface area contributed by atoms with Gasteiger partial charge in [0.15, 0.2) is 0 Å². The zero-order valence-corrected chi connectivity index (χ0v) is 19.4. The number of rotatable bonds is 5. The van der Waals surface area contributed by atoms with Crippen LogP contribution in [0, 0.1) is 45.8 Å². The zero-order chi connectivity index (χ0) is 20.4. The maximum Gasteiger partial charge on any atom is 0.312 e. The fourth-order valence-electron chi connectivity index (χ4n) is 6.76. The average Bonchev–Trinajstić information content (AvgIpc) is 2.63. The Balaban J connectivity index is 1.76. The molecule has 0 spiro atoms. The van der Waals surface area contributed by atoms with Crippen LogP contribution in [-0.4, -0.2) is 11.6 Å². The van der Waals surface area contributed by atoms with Gasteiger partial charge in [0.25, 0.3) is 0 Å². The third-order valence-corrected chi connectivity index (χ3v) is 9.23. The Morgan fingerprint density at radius 3 is 2.15 bits per heavy atom. The maximum atomic E-state index is 13.5. The molecule has 3 aliphatic carbocycles. The third-order valence-electron chi connectivity index (χ3n) is 9.23. The van der Waals surface area contributed by atoms with E-state index in [4.69, 9.17) is 4.74 Å². The highest BCUT2D eigenvalue weighted by Gasteiger charge is 2.60. The Hall–Kier alpha value is -0.530. The molecule has 3 aliphatic rings. The van der Waals surface area contributed by atoms with Crippen LogP contribution in [-0.2, 0) is 9.53 Å². The second kappa shape index (κ2) is 6.49. The van der Waals surface area contributed by atoms with Crippen LogP contribution in [0.15, 0.2) is 0 Å². The highest BCUT2D eigenvalue weighted by atomic mass is 16.6. The fraction of sp³-hybridized carbons (Fsp3) is 0.960. The summed E-state index contributed by atoms with van der Waals surface area (Å²) in [7, 11) is 0. The first kappa shape index (κ1) is 21.2. The maximum absolute atomic E-state index is 13.5. The monoisotopic (exact) mass is 376 g/mol. The van der Waals surface area contributed by atoms with Crippen LogP contribution in [0.4, 0.5) is 0 Å². The van der Waals surface area contributed by atoms with E-state index < -0.39 is 5.41 Å². The second-order valence-corrected chi connectivity index (χ2v) is 12.8. The van der Waals surface area contributed by atoms with Crippen LogP contribution in [0.5, 0.6) is 0 Å². The van der Waals surface area contributed by atoms with Crippen molar-refractivity contribution in [3.8, 4) is 0 Å². The Kier molecular flexibility index (Phi) is 5.09. The molecule has 6 atom stereocenters. The van der Waals surface area contributed by atoms with Crippen molar-refractivity contribution in [2.24, 2.45) is 45.8 Å². The van der Waals surface area contributed by atoms with E-state index in [0.717, 1.165) is 24.2 Å². The van der Waals surface area contributed by atoms with Crippen molar-refractivity contribution in [1.82, 2.24) is 0 Å². The smallest absolute Gasteiger partial charge is 0.312 e. The molecule has 0 amide bonds. The summed E-state index contributed by atoms with van der Waals surface area (Å²) >= 11 is 0. The van der Waals surface area contributed by atoms with Crippen LogP contribution in [0.25, 0.3) is 0 Å². The van der Waals surface area contributed by atoms with Crippen molar-refractivity contribution in [2.75, 3.05) is 0 Å². The lowest BCUT2D eigenvalue weighted by molar-refractivity contribution is -0.184. The number of esters is 1. The normalized spacial score (nSPS) is 38.1. The molecule has 156 valence electrons. The van der Waals surface area contributed by atoms with Crippen molar-refractivity contribution >= 4 is 5.97 Å². The van der Waals surface area contributed by atoms with Gasteiger partial charge in [-0.15, -0.1) is 0 Å². The van der Waals surface area contributed by atoms with Gasteiger partial charge in [0.1, 0.15) is 5.60 Å². The molecule has 6 unspecified atom stereocenters. The minimum atomic E-state index is -0.449. The minimum absolute atomic E-state index is 0.0146. The molecule has 3 rings (SSSR count). The van der Waals surface area contributed by atoms with E-state index in [1.165, 1.54) is 32.1 Å². The highest BCUT2D eigenvalue weighted by Crippen LogP contribution is 2.68. The zero-order valence-electron chi connectivity index (χ0n) is 19.4. The summed E-state index contributed by atoms with van der Waals surface area (Å²) in [6, 6.07) is 0. The summed E-state index contributed by atoms with van der Waals surface area (Å²) in [5.41, 5.74) is -0.332. The van der Waals surface area contributed by atoms with E-state index in [2.05, 4.69) is 62.3 Å². The van der Waals surface area contributed by atoms with Gasteiger partial charge in [0.2, 0.25) is 0 Å².